The first-order chi connectivity index (χ1) is 12.9. The second kappa shape index (κ2) is 9.10. The van der Waals surface area contributed by atoms with Crippen molar-refractivity contribution in [2.45, 2.75) is 77.8 Å². The molecule has 0 aliphatic carbocycles. The molecule has 4 nitrogen and oxygen atoms in total. The highest BCUT2D eigenvalue weighted by atomic mass is 28.4. The van der Waals surface area contributed by atoms with E-state index < -0.39 is 16.6 Å². The molecule has 0 bridgehead atoms. The van der Waals surface area contributed by atoms with Crippen molar-refractivity contribution in [2.24, 2.45) is 0 Å². The van der Waals surface area contributed by atoms with Gasteiger partial charge in [-0.15, -0.1) is 0 Å². The maximum atomic E-state index is 12.2. The predicted octanol–water partition coefficient (Wildman–Crippen LogP) is 6.56. The molecule has 1 heterocycles. The number of hydrogen-bond donors (Lipinski definition) is 0. The summed E-state index contributed by atoms with van der Waals surface area (Å²) in [7, 11) is -3.65. The van der Waals surface area contributed by atoms with E-state index in [1.807, 2.05) is 18.2 Å². The van der Waals surface area contributed by atoms with Crippen LogP contribution in [0, 0.1) is 0 Å². The lowest BCUT2D eigenvalue weighted by Gasteiger charge is -2.30. The summed E-state index contributed by atoms with van der Waals surface area (Å²) in [4.78, 5) is 12.2. The first kappa shape index (κ1) is 21.8. The highest BCUT2D eigenvalue weighted by Gasteiger charge is 2.32. The van der Waals surface area contributed by atoms with Crippen LogP contribution in [-0.2, 0) is 0 Å². The molecule has 0 aliphatic rings. The molecule has 0 atom stereocenters. The van der Waals surface area contributed by atoms with Crippen LogP contribution in [0.4, 0.5) is 0 Å². The molecule has 0 fully saturated rings. The zero-order chi connectivity index (χ0) is 20.1. The Morgan fingerprint density at radius 1 is 0.778 bits per heavy atom. The van der Waals surface area contributed by atoms with E-state index in [1.54, 1.807) is 0 Å². The third-order valence-corrected chi connectivity index (χ3v) is 15.3. The highest BCUT2D eigenvalue weighted by Crippen LogP contribution is 2.33. The maximum absolute atomic E-state index is 12.2. The van der Waals surface area contributed by atoms with Crippen molar-refractivity contribution in [3.63, 3.8) is 0 Å². The van der Waals surface area contributed by atoms with Crippen molar-refractivity contribution >= 4 is 27.6 Å². The van der Waals surface area contributed by atoms with Gasteiger partial charge >= 0.3 is 5.63 Å². The molecular formula is C21H34O4Si2. The largest absolute Gasteiger partial charge is 0.543 e. The summed E-state index contributed by atoms with van der Waals surface area (Å²) in [5.74, 6) is 1.46. The monoisotopic (exact) mass is 406 g/mol. The summed E-state index contributed by atoms with van der Waals surface area (Å²) < 4.78 is 18.4. The summed E-state index contributed by atoms with van der Waals surface area (Å²) in [5.41, 5.74) is 0.179. The molecule has 0 spiro atoms. The molecule has 0 N–H and O–H groups in total. The van der Waals surface area contributed by atoms with Gasteiger partial charge in [0.05, 0.1) is 11.5 Å². The SMILES string of the molecule is CC[Si](CC)(CC)Oc1ccc2c(O[Si](CC)(CC)CC)cc(=O)oc2c1. The summed E-state index contributed by atoms with van der Waals surface area (Å²) in [6, 6.07) is 13.6. The number of hydrogen-bond acceptors (Lipinski definition) is 4. The van der Waals surface area contributed by atoms with Gasteiger partial charge < -0.3 is 13.3 Å². The Kier molecular flexibility index (Phi) is 7.34. The molecule has 2 aromatic rings. The quantitative estimate of drug-likeness (QED) is 0.331. The van der Waals surface area contributed by atoms with Crippen LogP contribution in [0.1, 0.15) is 41.5 Å². The predicted molar refractivity (Wildman–Crippen MR) is 118 cm³/mol. The Morgan fingerprint density at radius 2 is 1.30 bits per heavy atom. The summed E-state index contributed by atoms with van der Waals surface area (Å²) in [5, 5.41) is 0.853. The summed E-state index contributed by atoms with van der Waals surface area (Å²) >= 11 is 0. The van der Waals surface area contributed by atoms with E-state index in [9.17, 15) is 4.79 Å². The van der Waals surface area contributed by atoms with Gasteiger partial charge in [-0.2, -0.15) is 0 Å². The Morgan fingerprint density at radius 3 is 1.81 bits per heavy atom. The van der Waals surface area contributed by atoms with Crippen LogP contribution in [0.5, 0.6) is 11.5 Å². The zero-order valence-corrected chi connectivity index (χ0v) is 19.7. The average molecular weight is 407 g/mol. The van der Waals surface area contributed by atoms with Crippen molar-refractivity contribution in [3.05, 3.63) is 34.7 Å². The standard InChI is InChI=1S/C21H34O4Si2/c1-7-26(8-2,9-3)24-17-13-14-18-19(15-17)23-21(22)16-20(18)25-27(10-4,11-5)12-6/h13-16H,7-12H2,1-6H3. The van der Waals surface area contributed by atoms with Crippen LogP contribution in [0.15, 0.2) is 33.5 Å². The molecule has 0 aliphatic heterocycles. The first-order valence-electron chi connectivity index (χ1n) is 10.4. The molecule has 0 radical (unpaired) electrons. The number of benzene rings is 1. The molecule has 0 amide bonds. The van der Waals surface area contributed by atoms with Crippen LogP contribution >= 0.6 is 0 Å². The minimum Gasteiger partial charge on any atom is -0.543 e. The van der Waals surface area contributed by atoms with Gasteiger partial charge in [0.25, 0.3) is 8.32 Å². The van der Waals surface area contributed by atoms with Crippen LogP contribution < -0.4 is 14.5 Å². The van der Waals surface area contributed by atoms with Gasteiger partial charge in [0.1, 0.15) is 17.1 Å². The van der Waals surface area contributed by atoms with Crippen molar-refractivity contribution in [2.75, 3.05) is 0 Å². The first-order valence-corrected chi connectivity index (χ1v) is 15.4. The molecular weight excluding hydrogens is 372 g/mol. The Bertz CT molecular complexity index is 791. The molecule has 0 unspecified atom stereocenters. The van der Waals surface area contributed by atoms with Gasteiger partial charge in [0.2, 0.25) is 8.32 Å². The zero-order valence-electron chi connectivity index (χ0n) is 17.7. The van der Waals surface area contributed by atoms with Gasteiger partial charge in [-0.3, -0.25) is 0 Å². The molecule has 2 rings (SSSR count). The van der Waals surface area contributed by atoms with Gasteiger partial charge in [0, 0.05) is 6.07 Å². The summed E-state index contributed by atoms with van der Waals surface area (Å²) in [6.07, 6.45) is 0. The van der Waals surface area contributed by atoms with Crippen LogP contribution in [-0.4, -0.2) is 16.6 Å². The smallest absolute Gasteiger partial charge is 0.339 e. The highest BCUT2D eigenvalue weighted by molar-refractivity contribution is 6.74. The number of rotatable bonds is 10. The fraction of sp³-hybridized carbons (Fsp3) is 0.571. The van der Waals surface area contributed by atoms with E-state index in [-0.39, 0.29) is 5.63 Å². The van der Waals surface area contributed by atoms with E-state index in [4.69, 9.17) is 13.3 Å². The minimum absolute atomic E-state index is 0.370. The van der Waals surface area contributed by atoms with Crippen molar-refractivity contribution in [1.82, 2.24) is 0 Å². The molecule has 0 saturated heterocycles. The molecule has 150 valence electrons. The Hall–Kier alpha value is -1.54. The average Bonchev–Trinajstić information content (AvgIpc) is 2.70. The van der Waals surface area contributed by atoms with Crippen molar-refractivity contribution in [1.29, 1.82) is 0 Å². The van der Waals surface area contributed by atoms with Crippen molar-refractivity contribution < 1.29 is 13.3 Å². The van der Waals surface area contributed by atoms with Crippen LogP contribution in [0.2, 0.25) is 36.3 Å². The van der Waals surface area contributed by atoms with E-state index in [2.05, 4.69) is 41.5 Å². The normalized spacial score (nSPS) is 12.4. The Balaban J connectivity index is 2.47. The van der Waals surface area contributed by atoms with E-state index in [0.29, 0.717) is 11.3 Å². The fourth-order valence-electron chi connectivity index (χ4n) is 3.68. The minimum atomic E-state index is -1.87. The third-order valence-electron chi connectivity index (χ3n) is 6.20. The van der Waals surface area contributed by atoms with E-state index >= 15 is 0 Å². The second-order valence-electron chi connectivity index (χ2n) is 7.28. The molecule has 6 heteroatoms. The maximum Gasteiger partial charge on any atom is 0.339 e. The van der Waals surface area contributed by atoms with E-state index in [1.165, 1.54) is 6.07 Å². The van der Waals surface area contributed by atoms with Gasteiger partial charge in [-0.25, -0.2) is 4.79 Å². The van der Waals surface area contributed by atoms with E-state index in [0.717, 1.165) is 47.4 Å². The third kappa shape index (κ3) is 4.66. The van der Waals surface area contributed by atoms with Gasteiger partial charge in [-0.1, -0.05) is 41.5 Å². The fourth-order valence-corrected chi connectivity index (χ4v) is 8.81. The molecule has 27 heavy (non-hydrogen) atoms. The molecule has 0 saturated carbocycles. The van der Waals surface area contributed by atoms with Gasteiger partial charge in [0.15, 0.2) is 0 Å². The number of fused-ring (bicyclic) bond motifs is 1. The summed E-state index contributed by atoms with van der Waals surface area (Å²) in [6.45, 7) is 13.2. The lowest BCUT2D eigenvalue weighted by Crippen LogP contribution is -2.39. The topological polar surface area (TPSA) is 48.7 Å². The molecule has 1 aromatic carbocycles. The Labute approximate surface area is 165 Å². The van der Waals surface area contributed by atoms with Crippen LogP contribution in [0.25, 0.3) is 11.0 Å². The van der Waals surface area contributed by atoms with Gasteiger partial charge in [-0.05, 0) is 48.4 Å². The van der Waals surface area contributed by atoms with Crippen molar-refractivity contribution in [3.8, 4) is 11.5 Å². The lowest BCUT2D eigenvalue weighted by molar-refractivity contribution is 0.508. The lowest BCUT2D eigenvalue weighted by atomic mass is 10.2. The molecule has 1 aromatic heterocycles. The second-order valence-corrected chi connectivity index (χ2v) is 16.7. The van der Waals surface area contributed by atoms with Crippen LogP contribution in [0.3, 0.4) is 0 Å².